The van der Waals surface area contributed by atoms with E-state index in [2.05, 4.69) is 15.0 Å². The SMILES string of the molecule is Cc1cn2c(nc1=O)OCC1OC2CC1N=[N+]=[N-]. The molecule has 2 aliphatic rings. The Hall–Kier alpha value is -2.05. The summed E-state index contributed by atoms with van der Waals surface area (Å²) in [6.45, 7) is 1.92. The van der Waals surface area contributed by atoms with Crippen molar-refractivity contribution in [3.63, 3.8) is 0 Å². The fourth-order valence-corrected chi connectivity index (χ4v) is 2.25. The molecule has 0 N–H and O–H groups in total. The van der Waals surface area contributed by atoms with Crippen LogP contribution in [0.4, 0.5) is 0 Å². The Balaban J connectivity index is 2.03. The summed E-state index contributed by atoms with van der Waals surface area (Å²) in [5.41, 5.74) is 8.72. The van der Waals surface area contributed by atoms with E-state index in [1.165, 1.54) is 0 Å². The number of hydrogen-bond donors (Lipinski definition) is 0. The highest BCUT2D eigenvalue weighted by atomic mass is 16.6. The van der Waals surface area contributed by atoms with Crippen LogP contribution in [0.25, 0.3) is 10.4 Å². The number of nitrogens with zero attached hydrogens (tertiary/aromatic N) is 5. The first-order valence-electron chi connectivity index (χ1n) is 5.61. The predicted molar refractivity (Wildman–Crippen MR) is 60.2 cm³/mol. The number of ether oxygens (including phenoxy) is 2. The molecule has 0 saturated carbocycles. The van der Waals surface area contributed by atoms with E-state index in [1.54, 1.807) is 17.7 Å². The van der Waals surface area contributed by atoms with Crippen LogP contribution in [-0.4, -0.2) is 28.3 Å². The first-order chi connectivity index (χ1) is 8.69. The summed E-state index contributed by atoms with van der Waals surface area (Å²) >= 11 is 0. The highest BCUT2D eigenvalue weighted by Gasteiger charge is 2.39. The van der Waals surface area contributed by atoms with Crippen molar-refractivity contribution in [3.05, 3.63) is 32.6 Å². The van der Waals surface area contributed by atoms with Crippen molar-refractivity contribution in [3.8, 4) is 6.01 Å². The van der Waals surface area contributed by atoms with Crippen LogP contribution in [-0.2, 0) is 4.74 Å². The largest absolute Gasteiger partial charge is 0.462 e. The minimum Gasteiger partial charge on any atom is -0.462 e. The van der Waals surface area contributed by atoms with Crippen LogP contribution >= 0.6 is 0 Å². The molecule has 18 heavy (non-hydrogen) atoms. The molecule has 3 heterocycles. The molecule has 2 bridgehead atoms. The zero-order valence-corrected chi connectivity index (χ0v) is 9.68. The quantitative estimate of drug-likeness (QED) is 0.419. The summed E-state index contributed by atoms with van der Waals surface area (Å²) in [7, 11) is 0. The van der Waals surface area contributed by atoms with Crippen LogP contribution in [0.3, 0.4) is 0 Å². The second-order valence-corrected chi connectivity index (χ2v) is 4.37. The molecule has 3 atom stereocenters. The molecule has 0 spiro atoms. The van der Waals surface area contributed by atoms with E-state index in [1.807, 2.05) is 0 Å². The van der Waals surface area contributed by atoms with Crippen LogP contribution in [0.15, 0.2) is 16.1 Å². The van der Waals surface area contributed by atoms with Crippen LogP contribution in [0.5, 0.6) is 6.01 Å². The Kier molecular flexibility index (Phi) is 2.46. The molecule has 8 nitrogen and oxygen atoms in total. The van der Waals surface area contributed by atoms with Gasteiger partial charge in [-0.25, -0.2) is 0 Å². The van der Waals surface area contributed by atoms with Crippen LogP contribution in [0.2, 0.25) is 0 Å². The number of rotatable bonds is 1. The van der Waals surface area contributed by atoms with E-state index in [0.29, 0.717) is 12.0 Å². The summed E-state index contributed by atoms with van der Waals surface area (Å²) in [4.78, 5) is 18.1. The molecule has 1 aromatic heterocycles. The number of aromatic nitrogens is 2. The topological polar surface area (TPSA) is 102 Å². The molecule has 8 heteroatoms. The second kappa shape index (κ2) is 4.01. The third-order valence-electron chi connectivity index (χ3n) is 3.18. The number of hydrogen-bond acceptors (Lipinski definition) is 5. The van der Waals surface area contributed by atoms with Gasteiger partial charge in [0, 0.05) is 23.1 Å². The van der Waals surface area contributed by atoms with Gasteiger partial charge in [0.15, 0.2) is 0 Å². The Labute approximate surface area is 102 Å². The fourth-order valence-electron chi connectivity index (χ4n) is 2.25. The van der Waals surface area contributed by atoms with Gasteiger partial charge in [0.2, 0.25) is 0 Å². The summed E-state index contributed by atoms with van der Waals surface area (Å²) in [6.07, 6.45) is 1.64. The zero-order valence-electron chi connectivity index (χ0n) is 9.68. The van der Waals surface area contributed by atoms with Crippen molar-refractivity contribution in [2.45, 2.75) is 31.7 Å². The highest BCUT2D eigenvalue weighted by molar-refractivity contribution is 5.11. The summed E-state index contributed by atoms with van der Waals surface area (Å²) in [6, 6.07) is 0.0189. The van der Waals surface area contributed by atoms with Crippen molar-refractivity contribution < 1.29 is 9.47 Å². The van der Waals surface area contributed by atoms with Gasteiger partial charge < -0.3 is 9.47 Å². The number of fused-ring (bicyclic) bond motifs is 4. The summed E-state index contributed by atoms with van der Waals surface area (Å²) < 4.78 is 12.9. The molecule has 1 fully saturated rings. The number of aryl methyl sites for hydroxylation is 1. The monoisotopic (exact) mass is 249 g/mol. The zero-order chi connectivity index (χ0) is 12.7. The highest BCUT2D eigenvalue weighted by Crippen LogP contribution is 2.35. The van der Waals surface area contributed by atoms with E-state index in [-0.39, 0.29) is 36.6 Å². The van der Waals surface area contributed by atoms with Crippen molar-refractivity contribution in [1.29, 1.82) is 0 Å². The molecule has 94 valence electrons. The van der Waals surface area contributed by atoms with Crippen LogP contribution in [0, 0.1) is 6.92 Å². The maximum absolute atomic E-state index is 11.5. The Morgan fingerprint density at radius 3 is 3.28 bits per heavy atom. The molecule has 0 radical (unpaired) electrons. The first-order valence-corrected chi connectivity index (χ1v) is 5.61. The lowest BCUT2D eigenvalue weighted by Gasteiger charge is -2.17. The molecular weight excluding hydrogens is 238 g/mol. The average Bonchev–Trinajstić information content (AvgIpc) is 2.65. The fraction of sp³-hybridized carbons (Fsp3) is 0.600. The molecule has 2 aliphatic heterocycles. The molecule has 0 amide bonds. The lowest BCUT2D eigenvalue weighted by molar-refractivity contribution is 0.00187. The lowest BCUT2D eigenvalue weighted by atomic mass is 10.1. The van der Waals surface area contributed by atoms with Gasteiger partial charge in [0.1, 0.15) is 18.9 Å². The summed E-state index contributed by atoms with van der Waals surface area (Å²) in [5.74, 6) is 0. The van der Waals surface area contributed by atoms with Gasteiger partial charge in [-0.1, -0.05) is 5.11 Å². The maximum Gasteiger partial charge on any atom is 0.301 e. The second-order valence-electron chi connectivity index (χ2n) is 4.37. The van der Waals surface area contributed by atoms with Crippen LogP contribution < -0.4 is 10.3 Å². The van der Waals surface area contributed by atoms with Gasteiger partial charge >= 0.3 is 6.01 Å². The Bertz CT molecular complexity index is 592. The molecule has 1 aromatic rings. The van der Waals surface area contributed by atoms with Gasteiger partial charge in [0.05, 0.1) is 6.04 Å². The molecule has 0 aliphatic carbocycles. The van der Waals surface area contributed by atoms with Crippen molar-refractivity contribution in [1.82, 2.24) is 9.55 Å². The third-order valence-corrected chi connectivity index (χ3v) is 3.18. The minimum atomic E-state index is -0.300. The van der Waals surface area contributed by atoms with Crippen molar-refractivity contribution in [2.24, 2.45) is 5.11 Å². The Morgan fingerprint density at radius 2 is 2.50 bits per heavy atom. The van der Waals surface area contributed by atoms with Crippen LogP contribution in [0.1, 0.15) is 18.2 Å². The van der Waals surface area contributed by atoms with Crippen molar-refractivity contribution >= 4 is 0 Å². The first kappa shape index (κ1) is 11.1. The molecule has 3 unspecified atom stereocenters. The maximum atomic E-state index is 11.5. The van der Waals surface area contributed by atoms with Gasteiger partial charge in [-0.3, -0.25) is 9.36 Å². The molecule has 0 aromatic carbocycles. The van der Waals surface area contributed by atoms with Gasteiger partial charge in [-0.15, -0.1) is 0 Å². The standard InChI is InChI=1S/C10H11N5O3/c1-5-3-15-8-2-6(13-14-11)7(18-8)4-17-10(15)12-9(5)16/h3,6-8H,2,4H2,1H3. The van der Waals surface area contributed by atoms with E-state index < -0.39 is 0 Å². The van der Waals surface area contributed by atoms with Gasteiger partial charge in [-0.05, 0) is 12.5 Å². The predicted octanol–water partition coefficient (Wildman–Crippen LogP) is 0.911. The smallest absolute Gasteiger partial charge is 0.301 e. The molecule has 1 saturated heterocycles. The van der Waals surface area contributed by atoms with Crippen molar-refractivity contribution in [2.75, 3.05) is 6.61 Å². The third kappa shape index (κ3) is 1.62. The molecule has 3 rings (SSSR count). The lowest BCUT2D eigenvalue weighted by Crippen LogP contribution is -2.27. The average molecular weight is 249 g/mol. The van der Waals surface area contributed by atoms with E-state index in [0.717, 1.165) is 0 Å². The Morgan fingerprint density at radius 1 is 1.67 bits per heavy atom. The normalized spacial score (nSPS) is 28.8. The van der Waals surface area contributed by atoms with E-state index in [9.17, 15) is 4.79 Å². The van der Waals surface area contributed by atoms with Gasteiger partial charge in [-0.2, -0.15) is 4.98 Å². The van der Waals surface area contributed by atoms with E-state index in [4.69, 9.17) is 15.0 Å². The summed E-state index contributed by atoms with van der Waals surface area (Å²) in [5, 5.41) is 3.70. The van der Waals surface area contributed by atoms with E-state index >= 15 is 0 Å². The van der Waals surface area contributed by atoms with Gasteiger partial charge in [0.25, 0.3) is 5.56 Å². The number of azide groups is 1. The molecular formula is C10H11N5O3. The minimum absolute atomic E-state index is 0.232.